The Kier molecular flexibility index (Phi) is 4.48. The highest BCUT2D eigenvalue weighted by atomic mass is 35.5. The Bertz CT molecular complexity index is 629. The Hall–Kier alpha value is -1.10. The van der Waals surface area contributed by atoms with Crippen LogP contribution in [0, 0.1) is 5.92 Å². The molecule has 1 saturated carbocycles. The van der Waals surface area contributed by atoms with Crippen molar-refractivity contribution < 1.29 is 4.52 Å². The number of rotatable bonds is 3. The second-order valence-electron chi connectivity index (χ2n) is 5.47. The molecule has 0 saturated heterocycles. The van der Waals surface area contributed by atoms with Crippen molar-refractivity contribution in [3.8, 4) is 11.4 Å². The summed E-state index contributed by atoms with van der Waals surface area (Å²) in [5, 5.41) is 5.07. The third kappa shape index (κ3) is 3.07. The zero-order chi connectivity index (χ0) is 14.8. The Morgan fingerprint density at radius 3 is 2.76 bits per heavy atom. The molecule has 6 heteroatoms. The molecule has 112 valence electrons. The summed E-state index contributed by atoms with van der Waals surface area (Å²) in [6, 6.07) is 5.32. The average molecular weight is 326 g/mol. The first-order chi connectivity index (χ1) is 10.2. The van der Waals surface area contributed by atoms with Crippen LogP contribution in [-0.2, 0) is 0 Å². The molecular formula is C15H17Cl2N3O. The summed E-state index contributed by atoms with van der Waals surface area (Å²) < 4.78 is 5.47. The van der Waals surface area contributed by atoms with Gasteiger partial charge in [0.2, 0.25) is 11.7 Å². The van der Waals surface area contributed by atoms with E-state index in [2.05, 4.69) is 10.1 Å². The van der Waals surface area contributed by atoms with Crippen molar-refractivity contribution in [2.24, 2.45) is 11.7 Å². The fourth-order valence-corrected chi connectivity index (χ4v) is 3.25. The zero-order valence-electron chi connectivity index (χ0n) is 11.6. The van der Waals surface area contributed by atoms with E-state index in [0.29, 0.717) is 34.2 Å². The van der Waals surface area contributed by atoms with E-state index in [1.807, 2.05) is 6.07 Å². The van der Waals surface area contributed by atoms with Crippen molar-refractivity contribution >= 4 is 23.2 Å². The molecule has 0 aliphatic heterocycles. The molecule has 1 fully saturated rings. The average Bonchev–Trinajstić information content (AvgIpc) is 2.99. The predicted octanol–water partition coefficient (Wildman–Crippen LogP) is 4.28. The SMILES string of the molecule is NCC1CCCCC1c1nc(-c2ccc(Cl)c(Cl)c2)no1. The van der Waals surface area contributed by atoms with Gasteiger partial charge in [0.1, 0.15) is 0 Å². The van der Waals surface area contributed by atoms with E-state index in [1.165, 1.54) is 12.8 Å². The van der Waals surface area contributed by atoms with Gasteiger partial charge in [0.15, 0.2) is 0 Å². The van der Waals surface area contributed by atoms with Crippen LogP contribution in [0.15, 0.2) is 22.7 Å². The molecule has 21 heavy (non-hydrogen) atoms. The van der Waals surface area contributed by atoms with Crippen molar-refractivity contribution in [2.75, 3.05) is 6.54 Å². The Labute approximate surface area is 133 Å². The van der Waals surface area contributed by atoms with Crippen LogP contribution in [0.1, 0.15) is 37.5 Å². The predicted molar refractivity (Wildman–Crippen MR) is 83.5 cm³/mol. The minimum absolute atomic E-state index is 0.271. The minimum Gasteiger partial charge on any atom is -0.339 e. The Morgan fingerprint density at radius 1 is 1.19 bits per heavy atom. The second kappa shape index (κ2) is 6.34. The first-order valence-electron chi connectivity index (χ1n) is 7.18. The summed E-state index contributed by atoms with van der Waals surface area (Å²) in [7, 11) is 0. The van der Waals surface area contributed by atoms with Gasteiger partial charge in [0, 0.05) is 11.5 Å². The van der Waals surface area contributed by atoms with E-state index in [4.69, 9.17) is 33.5 Å². The largest absolute Gasteiger partial charge is 0.339 e. The number of aromatic nitrogens is 2. The molecule has 2 unspecified atom stereocenters. The minimum atomic E-state index is 0.271. The molecule has 0 radical (unpaired) electrons. The second-order valence-corrected chi connectivity index (χ2v) is 6.29. The maximum Gasteiger partial charge on any atom is 0.230 e. The van der Waals surface area contributed by atoms with Crippen molar-refractivity contribution in [1.82, 2.24) is 10.1 Å². The zero-order valence-corrected chi connectivity index (χ0v) is 13.1. The van der Waals surface area contributed by atoms with Crippen LogP contribution in [0.5, 0.6) is 0 Å². The lowest BCUT2D eigenvalue weighted by atomic mass is 9.79. The van der Waals surface area contributed by atoms with Gasteiger partial charge >= 0.3 is 0 Å². The first kappa shape index (κ1) is 14.8. The van der Waals surface area contributed by atoms with Crippen molar-refractivity contribution in [3.63, 3.8) is 0 Å². The fraction of sp³-hybridized carbons (Fsp3) is 0.467. The van der Waals surface area contributed by atoms with Gasteiger partial charge in [0.25, 0.3) is 0 Å². The van der Waals surface area contributed by atoms with E-state index in [-0.39, 0.29) is 5.92 Å². The molecule has 2 atom stereocenters. The van der Waals surface area contributed by atoms with Crippen molar-refractivity contribution in [3.05, 3.63) is 34.1 Å². The summed E-state index contributed by atoms with van der Waals surface area (Å²) in [6.45, 7) is 0.662. The molecule has 1 aliphatic rings. The number of nitrogens with two attached hydrogens (primary N) is 1. The van der Waals surface area contributed by atoms with Crippen LogP contribution >= 0.6 is 23.2 Å². The van der Waals surface area contributed by atoms with Crippen LogP contribution in [0.2, 0.25) is 10.0 Å². The molecular weight excluding hydrogens is 309 g/mol. The van der Waals surface area contributed by atoms with E-state index >= 15 is 0 Å². The lowest BCUT2D eigenvalue weighted by molar-refractivity contribution is 0.249. The number of hydrogen-bond donors (Lipinski definition) is 1. The molecule has 1 aromatic carbocycles. The summed E-state index contributed by atoms with van der Waals surface area (Å²) in [6.07, 6.45) is 4.61. The molecule has 4 nitrogen and oxygen atoms in total. The Morgan fingerprint density at radius 2 is 2.00 bits per heavy atom. The summed E-state index contributed by atoms with van der Waals surface area (Å²) >= 11 is 12.0. The highest BCUT2D eigenvalue weighted by Crippen LogP contribution is 2.37. The summed E-state index contributed by atoms with van der Waals surface area (Å²) in [5.74, 6) is 1.93. The van der Waals surface area contributed by atoms with Gasteiger partial charge in [-0.1, -0.05) is 41.2 Å². The van der Waals surface area contributed by atoms with Crippen LogP contribution in [0.4, 0.5) is 0 Å². The lowest BCUT2D eigenvalue weighted by Gasteiger charge is -2.27. The van der Waals surface area contributed by atoms with E-state index in [0.717, 1.165) is 18.4 Å². The molecule has 2 aromatic rings. The third-order valence-electron chi connectivity index (χ3n) is 4.15. The van der Waals surface area contributed by atoms with Gasteiger partial charge in [0.05, 0.1) is 10.0 Å². The topological polar surface area (TPSA) is 64.9 Å². The van der Waals surface area contributed by atoms with E-state index in [1.54, 1.807) is 12.1 Å². The van der Waals surface area contributed by atoms with Gasteiger partial charge < -0.3 is 10.3 Å². The monoisotopic (exact) mass is 325 g/mol. The van der Waals surface area contributed by atoms with Crippen molar-refractivity contribution in [1.29, 1.82) is 0 Å². The van der Waals surface area contributed by atoms with Gasteiger partial charge in [-0.05, 0) is 43.5 Å². The smallest absolute Gasteiger partial charge is 0.230 e. The van der Waals surface area contributed by atoms with Crippen LogP contribution in [-0.4, -0.2) is 16.7 Å². The van der Waals surface area contributed by atoms with E-state index in [9.17, 15) is 0 Å². The van der Waals surface area contributed by atoms with Gasteiger partial charge in [-0.15, -0.1) is 0 Å². The van der Waals surface area contributed by atoms with Crippen molar-refractivity contribution in [2.45, 2.75) is 31.6 Å². The molecule has 0 spiro atoms. The highest BCUT2D eigenvalue weighted by Gasteiger charge is 2.30. The molecule has 3 rings (SSSR count). The van der Waals surface area contributed by atoms with Crippen LogP contribution in [0.25, 0.3) is 11.4 Å². The molecule has 0 amide bonds. The number of benzene rings is 1. The highest BCUT2D eigenvalue weighted by molar-refractivity contribution is 6.42. The first-order valence-corrected chi connectivity index (χ1v) is 7.93. The van der Waals surface area contributed by atoms with Gasteiger partial charge in [-0.3, -0.25) is 0 Å². The maximum absolute atomic E-state index is 6.03. The molecule has 1 aromatic heterocycles. The Balaban J connectivity index is 1.86. The summed E-state index contributed by atoms with van der Waals surface area (Å²) in [4.78, 5) is 4.54. The maximum atomic E-state index is 6.03. The van der Waals surface area contributed by atoms with Crippen LogP contribution < -0.4 is 5.73 Å². The van der Waals surface area contributed by atoms with Gasteiger partial charge in [-0.25, -0.2) is 0 Å². The normalized spacial score (nSPS) is 22.4. The fourth-order valence-electron chi connectivity index (χ4n) is 2.95. The van der Waals surface area contributed by atoms with E-state index < -0.39 is 0 Å². The number of halogens is 2. The van der Waals surface area contributed by atoms with Gasteiger partial charge in [-0.2, -0.15) is 4.98 Å². The third-order valence-corrected chi connectivity index (χ3v) is 4.89. The quantitative estimate of drug-likeness (QED) is 0.914. The molecule has 1 heterocycles. The molecule has 1 aliphatic carbocycles. The number of hydrogen-bond acceptors (Lipinski definition) is 4. The standard InChI is InChI=1S/C15H17Cl2N3O/c16-12-6-5-9(7-13(12)17)14-19-15(21-20-14)11-4-2-1-3-10(11)8-18/h5-7,10-11H,1-4,8,18H2. The summed E-state index contributed by atoms with van der Waals surface area (Å²) in [5.41, 5.74) is 6.67. The molecule has 0 bridgehead atoms. The lowest BCUT2D eigenvalue weighted by Crippen LogP contribution is -2.25. The number of nitrogens with zero attached hydrogens (tertiary/aromatic N) is 2. The molecule has 2 N–H and O–H groups in total. The van der Waals surface area contributed by atoms with Crippen LogP contribution in [0.3, 0.4) is 0 Å².